The van der Waals surface area contributed by atoms with Crippen molar-refractivity contribution in [3.63, 3.8) is 0 Å². The van der Waals surface area contributed by atoms with E-state index >= 15 is 0 Å². The highest BCUT2D eigenvalue weighted by Crippen LogP contribution is 2.43. The summed E-state index contributed by atoms with van der Waals surface area (Å²) in [5.74, 6) is 0.668. The van der Waals surface area contributed by atoms with Gasteiger partial charge < -0.3 is 14.7 Å². The van der Waals surface area contributed by atoms with Crippen molar-refractivity contribution in [2.45, 2.75) is 34.6 Å². The van der Waals surface area contributed by atoms with Gasteiger partial charge in [0, 0.05) is 69.3 Å². The Morgan fingerprint density at radius 3 is 1.09 bits per heavy atom. The van der Waals surface area contributed by atoms with Gasteiger partial charge >= 0.3 is 0 Å². The number of rotatable bonds is 15. The minimum atomic E-state index is 0.668. The van der Waals surface area contributed by atoms with E-state index in [0.717, 1.165) is 62.6 Å². The molecule has 0 aliphatic carbocycles. The van der Waals surface area contributed by atoms with Crippen LogP contribution in [0.15, 0.2) is 253 Å². The van der Waals surface area contributed by atoms with Crippen molar-refractivity contribution in [3.05, 3.63) is 265 Å². The lowest BCUT2D eigenvalue weighted by molar-refractivity contribution is 1.18. The third kappa shape index (κ3) is 10.1. The average molecular weight is 873 g/mol. The van der Waals surface area contributed by atoms with Gasteiger partial charge in [-0.15, -0.1) is 0 Å². The summed E-state index contributed by atoms with van der Waals surface area (Å²) in [5.41, 5.74) is 15.9. The monoisotopic (exact) mass is 872 g/mol. The van der Waals surface area contributed by atoms with Crippen molar-refractivity contribution >= 4 is 69.4 Å². The lowest BCUT2D eigenvalue weighted by atomic mass is 10.1. The first-order chi connectivity index (χ1) is 32.9. The molecule has 330 valence electrons. The van der Waals surface area contributed by atoms with Gasteiger partial charge in [0.15, 0.2) is 5.84 Å². The van der Waals surface area contributed by atoms with Gasteiger partial charge in [0.1, 0.15) is 0 Å². The molecule has 0 bridgehead atoms. The predicted octanol–water partition coefficient (Wildman–Crippen LogP) is 16.9. The van der Waals surface area contributed by atoms with Crippen molar-refractivity contribution in [2.75, 3.05) is 19.6 Å². The molecule has 0 saturated heterocycles. The Bertz CT molecular complexity index is 2950. The molecule has 0 aromatic heterocycles. The number of para-hydroxylation sites is 6. The van der Waals surface area contributed by atoms with Crippen LogP contribution >= 0.6 is 0 Å². The zero-order valence-electron chi connectivity index (χ0n) is 38.9. The molecule has 0 spiro atoms. The summed E-state index contributed by atoms with van der Waals surface area (Å²) in [7, 11) is 0. The maximum absolute atomic E-state index is 5.28. The molecule has 0 unspecified atom stereocenters. The Balaban J connectivity index is 1.30. The molecule has 67 heavy (non-hydrogen) atoms. The van der Waals surface area contributed by atoms with Crippen LogP contribution < -0.4 is 19.6 Å². The van der Waals surface area contributed by atoms with E-state index in [1.807, 2.05) is 25.1 Å². The van der Waals surface area contributed by atoms with E-state index in [2.05, 4.69) is 265 Å². The number of hydrogen-bond donors (Lipinski definition) is 0. The Labute approximate surface area is 396 Å². The second kappa shape index (κ2) is 21.5. The maximum atomic E-state index is 5.28. The Hall–Kier alpha value is -8.48. The standard InChI is InChI=1S/C61H56N6/c1-7-8-31-60(64(50-27-11-9-12-28-50)52-36-40-54(41-37-52)66(56-32-19-15-23-46(56)2)57-33-20-16-24-47(57)3)61(63-45-44-62-6)65(51-29-13-10-14-30-51)53-38-42-55(43-39-53)67(58-34-21-17-25-48(58)4)59-35-22-18-26-49(59)5/h7-45H,6H2,1-5H3/b8-7-,45-44-,60-31+,63-61-. The first kappa shape index (κ1) is 45.1. The normalized spacial score (nSPS) is 11.8. The first-order valence-corrected chi connectivity index (χ1v) is 22.6. The molecule has 6 nitrogen and oxygen atoms in total. The molecule has 8 aromatic carbocycles. The molecule has 0 fully saturated rings. The fourth-order valence-corrected chi connectivity index (χ4v) is 8.38. The van der Waals surface area contributed by atoms with Crippen LogP contribution in [0.3, 0.4) is 0 Å². The molecule has 0 amide bonds. The van der Waals surface area contributed by atoms with Crippen LogP contribution in [0.4, 0.5) is 56.9 Å². The van der Waals surface area contributed by atoms with E-state index in [4.69, 9.17) is 4.99 Å². The number of anilines is 10. The van der Waals surface area contributed by atoms with Gasteiger partial charge in [-0.25, -0.2) is 4.99 Å². The molecule has 0 heterocycles. The van der Waals surface area contributed by atoms with Crippen LogP contribution in [0, 0.1) is 27.7 Å². The Morgan fingerprint density at radius 2 is 0.716 bits per heavy atom. The molecular formula is C61H56N6. The molecule has 0 saturated carbocycles. The van der Waals surface area contributed by atoms with Crippen molar-refractivity contribution in [1.29, 1.82) is 0 Å². The van der Waals surface area contributed by atoms with Crippen LogP contribution in [0.2, 0.25) is 0 Å². The summed E-state index contributed by atoms with van der Waals surface area (Å²) < 4.78 is 0. The summed E-state index contributed by atoms with van der Waals surface area (Å²) in [4.78, 5) is 18.5. The quantitative estimate of drug-likeness (QED) is 0.0584. The molecule has 6 heteroatoms. The summed E-state index contributed by atoms with van der Waals surface area (Å²) in [6.45, 7) is 14.4. The average Bonchev–Trinajstić information content (AvgIpc) is 3.36. The zero-order chi connectivity index (χ0) is 46.5. The molecule has 0 aliphatic rings. The number of aliphatic imine (C=N–C) groups is 2. The minimum Gasteiger partial charge on any atom is -0.310 e. The van der Waals surface area contributed by atoms with Crippen LogP contribution in [0.1, 0.15) is 29.2 Å². The predicted molar refractivity (Wildman–Crippen MR) is 287 cm³/mol. The number of hydrogen-bond acceptors (Lipinski definition) is 5. The lowest BCUT2D eigenvalue weighted by Gasteiger charge is -2.35. The van der Waals surface area contributed by atoms with E-state index in [1.54, 1.807) is 12.4 Å². The fraction of sp³-hybridized carbons (Fsp3) is 0.0820. The second-order valence-corrected chi connectivity index (χ2v) is 16.2. The van der Waals surface area contributed by atoms with E-state index in [1.165, 1.54) is 22.3 Å². The smallest absolute Gasteiger partial charge is 0.162 e. The number of nitrogens with zero attached hydrogens (tertiary/aromatic N) is 6. The highest BCUT2D eigenvalue weighted by atomic mass is 15.3. The lowest BCUT2D eigenvalue weighted by Crippen LogP contribution is -2.34. The number of benzene rings is 8. The largest absolute Gasteiger partial charge is 0.310 e. The van der Waals surface area contributed by atoms with Crippen molar-refractivity contribution in [1.82, 2.24) is 0 Å². The van der Waals surface area contributed by atoms with Crippen LogP contribution in [0.25, 0.3) is 0 Å². The summed E-state index contributed by atoms with van der Waals surface area (Å²) in [6.07, 6.45) is 9.57. The molecule has 8 aromatic rings. The molecule has 0 radical (unpaired) electrons. The first-order valence-electron chi connectivity index (χ1n) is 22.6. The summed E-state index contributed by atoms with van der Waals surface area (Å²) in [5, 5.41) is 0. The molecular weight excluding hydrogens is 817 g/mol. The van der Waals surface area contributed by atoms with E-state index < -0.39 is 0 Å². The SMILES string of the molecule is C=N\C=C/N=C(/C(=C\C=C/C)N(c1ccccc1)c1ccc(N(c2ccccc2C)c2ccccc2C)cc1)N(c1ccccc1)c1ccc(N(c2ccccc2C)c2ccccc2C)cc1. The third-order valence-corrected chi connectivity index (χ3v) is 11.7. The number of allylic oxidation sites excluding steroid dienone is 3. The van der Waals surface area contributed by atoms with Crippen LogP contribution in [0.5, 0.6) is 0 Å². The van der Waals surface area contributed by atoms with E-state index in [9.17, 15) is 0 Å². The fourth-order valence-electron chi connectivity index (χ4n) is 8.38. The highest BCUT2D eigenvalue weighted by molar-refractivity contribution is 6.17. The highest BCUT2D eigenvalue weighted by Gasteiger charge is 2.27. The maximum Gasteiger partial charge on any atom is 0.162 e. The number of aryl methyl sites for hydroxylation is 4. The van der Waals surface area contributed by atoms with Gasteiger partial charge in [0.05, 0.1) is 5.70 Å². The molecule has 8 rings (SSSR count). The Morgan fingerprint density at radius 1 is 0.388 bits per heavy atom. The number of amidine groups is 1. The van der Waals surface area contributed by atoms with Gasteiger partial charge in [0.2, 0.25) is 0 Å². The topological polar surface area (TPSA) is 37.7 Å². The summed E-state index contributed by atoms with van der Waals surface area (Å²) in [6, 6.07) is 72.6. The van der Waals surface area contributed by atoms with E-state index in [-0.39, 0.29) is 0 Å². The Kier molecular flexibility index (Phi) is 14.5. The van der Waals surface area contributed by atoms with Gasteiger partial charge in [0.25, 0.3) is 0 Å². The molecule has 0 aliphatic heterocycles. The molecule has 0 atom stereocenters. The minimum absolute atomic E-state index is 0.668. The van der Waals surface area contributed by atoms with E-state index in [0.29, 0.717) is 5.84 Å². The van der Waals surface area contributed by atoms with Crippen LogP contribution in [-0.2, 0) is 0 Å². The van der Waals surface area contributed by atoms with Gasteiger partial charge in [-0.1, -0.05) is 121 Å². The van der Waals surface area contributed by atoms with Crippen molar-refractivity contribution < 1.29 is 0 Å². The van der Waals surface area contributed by atoms with Crippen LogP contribution in [-0.4, -0.2) is 12.6 Å². The zero-order valence-corrected chi connectivity index (χ0v) is 38.9. The van der Waals surface area contributed by atoms with Crippen molar-refractivity contribution in [3.8, 4) is 0 Å². The third-order valence-electron chi connectivity index (χ3n) is 11.7. The summed E-state index contributed by atoms with van der Waals surface area (Å²) >= 11 is 0. The molecule has 0 N–H and O–H groups in total. The van der Waals surface area contributed by atoms with Crippen molar-refractivity contribution in [2.24, 2.45) is 9.98 Å². The second-order valence-electron chi connectivity index (χ2n) is 16.2. The van der Waals surface area contributed by atoms with Gasteiger partial charge in [-0.2, -0.15) is 0 Å². The van der Waals surface area contributed by atoms with Gasteiger partial charge in [-0.3, -0.25) is 9.89 Å². The van der Waals surface area contributed by atoms with Gasteiger partial charge in [-0.05, 0) is 167 Å².